The summed E-state index contributed by atoms with van der Waals surface area (Å²) in [7, 11) is 1.64. The molecule has 0 aliphatic carbocycles. The Morgan fingerprint density at radius 3 is 2.55 bits per heavy atom. The molecule has 0 spiro atoms. The Kier molecular flexibility index (Phi) is 3.16. The van der Waals surface area contributed by atoms with Gasteiger partial charge >= 0.3 is 0 Å². The van der Waals surface area contributed by atoms with Gasteiger partial charge in [0.25, 0.3) is 0 Å². The number of fused-ring (bicyclic) bond motifs is 3. The van der Waals surface area contributed by atoms with E-state index in [-0.39, 0.29) is 0 Å². The van der Waals surface area contributed by atoms with Crippen molar-refractivity contribution >= 4 is 0 Å². The number of hydrogen-bond donors (Lipinski definition) is 1. The minimum absolute atomic E-state index is 0.290. The molecular weight excluding hydrogens is 280 g/mol. The molecular formula is C16H20N4O2. The minimum Gasteiger partial charge on any atom is -0.497 e. The molecule has 0 saturated carbocycles. The molecule has 116 valence electrons. The highest BCUT2D eigenvalue weighted by Crippen LogP contribution is 2.41. The molecule has 22 heavy (non-hydrogen) atoms. The Hall–Kier alpha value is -1.92. The summed E-state index contributed by atoms with van der Waals surface area (Å²) >= 11 is 0. The molecule has 3 aliphatic rings. The van der Waals surface area contributed by atoms with Crippen LogP contribution in [0.15, 0.2) is 30.5 Å². The molecule has 0 radical (unpaired) electrons. The highest BCUT2D eigenvalue weighted by Gasteiger charge is 2.48. The van der Waals surface area contributed by atoms with Gasteiger partial charge in [-0.2, -0.15) is 0 Å². The fraction of sp³-hybridized carbons (Fsp3) is 0.500. The van der Waals surface area contributed by atoms with Crippen molar-refractivity contribution in [3.63, 3.8) is 0 Å². The fourth-order valence-corrected chi connectivity index (χ4v) is 3.65. The molecule has 3 saturated heterocycles. The van der Waals surface area contributed by atoms with Crippen LogP contribution < -0.4 is 4.74 Å². The molecule has 5 rings (SSSR count). The van der Waals surface area contributed by atoms with Gasteiger partial charge in [-0.1, -0.05) is 5.21 Å². The van der Waals surface area contributed by atoms with Crippen molar-refractivity contribution in [3.8, 4) is 11.4 Å². The number of methoxy groups -OCH3 is 1. The van der Waals surface area contributed by atoms with Gasteiger partial charge in [0.05, 0.1) is 19.0 Å². The first-order chi connectivity index (χ1) is 10.7. The Labute approximate surface area is 129 Å². The quantitative estimate of drug-likeness (QED) is 0.922. The van der Waals surface area contributed by atoms with E-state index < -0.39 is 5.60 Å². The third-order valence-corrected chi connectivity index (χ3v) is 5.00. The second-order valence-electron chi connectivity index (χ2n) is 6.22. The molecule has 1 unspecified atom stereocenters. The summed E-state index contributed by atoms with van der Waals surface area (Å²) in [4.78, 5) is 2.31. The van der Waals surface area contributed by atoms with Gasteiger partial charge in [-0.15, -0.1) is 5.10 Å². The number of aromatic nitrogens is 3. The summed E-state index contributed by atoms with van der Waals surface area (Å²) in [6.45, 7) is 2.83. The van der Waals surface area contributed by atoms with Gasteiger partial charge in [0, 0.05) is 6.54 Å². The van der Waals surface area contributed by atoms with E-state index in [4.69, 9.17) is 4.74 Å². The van der Waals surface area contributed by atoms with Gasteiger partial charge in [0.2, 0.25) is 0 Å². The maximum absolute atomic E-state index is 11.1. The number of benzene rings is 1. The van der Waals surface area contributed by atoms with Gasteiger partial charge in [-0.25, -0.2) is 4.68 Å². The summed E-state index contributed by atoms with van der Waals surface area (Å²) in [5.74, 6) is 1.10. The van der Waals surface area contributed by atoms with E-state index >= 15 is 0 Å². The average molecular weight is 300 g/mol. The van der Waals surface area contributed by atoms with Crippen molar-refractivity contribution in [1.82, 2.24) is 19.9 Å². The van der Waals surface area contributed by atoms with E-state index in [1.165, 1.54) is 0 Å². The van der Waals surface area contributed by atoms with E-state index in [0.717, 1.165) is 37.4 Å². The Bertz CT molecular complexity index is 661. The maximum Gasteiger partial charge on any atom is 0.125 e. The first-order valence-electron chi connectivity index (χ1n) is 7.71. The SMILES string of the molecule is COc1ccc(-n2cc(C3(O)CN4CCC3CC4)nn2)cc1. The molecule has 6 nitrogen and oxygen atoms in total. The van der Waals surface area contributed by atoms with Crippen molar-refractivity contribution in [3.05, 3.63) is 36.2 Å². The largest absolute Gasteiger partial charge is 0.497 e. The molecule has 2 bridgehead atoms. The zero-order valence-corrected chi connectivity index (χ0v) is 12.6. The number of ether oxygens (including phenoxy) is 1. The lowest BCUT2D eigenvalue weighted by molar-refractivity contribution is -0.120. The summed E-state index contributed by atoms with van der Waals surface area (Å²) < 4.78 is 6.88. The standard InChI is InChI=1S/C16H20N4O2/c1-22-14-4-2-13(3-5-14)20-10-15(17-18-20)16(21)11-19-8-6-12(16)7-9-19/h2-5,10,12,21H,6-9,11H2,1H3. The Morgan fingerprint density at radius 2 is 1.95 bits per heavy atom. The number of aliphatic hydroxyl groups is 1. The van der Waals surface area contributed by atoms with E-state index in [2.05, 4.69) is 15.2 Å². The summed E-state index contributed by atoms with van der Waals surface area (Å²) in [5, 5.41) is 19.5. The number of hydrogen-bond acceptors (Lipinski definition) is 5. The Balaban J connectivity index is 1.63. The normalized spacial score (nSPS) is 30.5. The lowest BCUT2D eigenvalue weighted by Crippen LogP contribution is -2.57. The van der Waals surface area contributed by atoms with Crippen LogP contribution >= 0.6 is 0 Å². The lowest BCUT2D eigenvalue weighted by Gasteiger charge is -2.49. The van der Waals surface area contributed by atoms with E-state index in [1.807, 2.05) is 30.5 Å². The van der Waals surface area contributed by atoms with Crippen molar-refractivity contribution in [2.45, 2.75) is 18.4 Å². The zero-order chi connectivity index (χ0) is 15.2. The van der Waals surface area contributed by atoms with Crippen LogP contribution in [0.4, 0.5) is 0 Å². The summed E-state index contributed by atoms with van der Waals surface area (Å²) in [6.07, 6.45) is 3.92. The first-order valence-corrected chi connectivity index (χ1v) is 7.71. The number of nitrogens with zero attached hydrogens (tertiary/aromatic N) is 4. The fourth-order valence-electron chi connectivity index (χ4n) is 3.65. The third-order valence-electron chi connectivity index (χ3n) is 5.00. The second kappa shape index (κ2) is 5.07. The van der Waals surface area contributed by atoms with E-state index in [9.17, 15) is 5.11 Å². The molecule has 6 heteroatoms. The first kappa shape index (κ1) is 13.7. The highest BCUT2D eigenvalue weighted by atomic mass is 16.5. The van der Waals surface area contributed by atoms with Crippen LogP contribution in [-0.4, -0.2) is 51.7 Å². The molecule has 1 atom stereocenters. The Morgan fingerprint density at radius 1 is 1.23 bits per heavy atom. The lowest BCUT2D eigenvalue weighted by atomic mass is 9.74. The molecule has 3 aliphatic heterocycles. The maximum atomic E-state index is 11.1. The van der Waals surface area contributed by atoms with Crippen molar-refractivity contribution in [2.24, 2.45) is 5.92 Å². The average Bonchev–Trinajstić information content (AvgIpc) is 3.07. The molecule has 4 heterocycles. The van der Waals surface area contributed by atoms with Gasteiger partial charge in [0.15, 0.2) is 0 Å². The molecule has 0 amide bonds. The van der Waals surface area contributed by atoms with Crippen molar-refractivity contribution in [2.75, 3.05) is 26.7 Å². The van der Waals surface area contributed by atoms with Gasteiger partial charge in [-0.3, -0.25) is 0 Å². The van der Waals surface area contributed by atoms with E-state index in [0.29, 0.717) is 18.2 Å². The number of rotatable bonds is 3. The van der Waals surface area contributed by atoms with Crippen LogP contribution in [0, 0.1) is 5.92 Å². The third kappa shape index (κ3) is 2.10. The molecule has 2 aromatic rings. The summed E-state index contributed by atoms with van der Waals surface area (Å²) in [5.41, 5.74) is 0.725. The predicted octanol–water partition coefficient (Wildman–Crippen LogP) is 1.19. The van der Waals surface area contributed by atoms with Crippen molar-refractivity contribution in [1.29, 1.82) is 0 Å². The second-order valence-corrected chi connectivity index (χ2v) is 6.22. The van der Waals surface area contributed by atoms with Gasteiger partial charge in [-0.05, 0) is 56.1 Å². The molecule has 1 aromatic heterocycles. The van der Waals surface area contributed by atoms with Crippen molar-refractivity contribution < 1.29 is 9.84 Å². The molecule has 3 fully saturated rings. The summed E-state index contributed by atoms with van der Waals surface area (Å²) in [6, 6.07) is 7.63. The minimum atomic E-state index is -0.860. The van der Waals surface area contributed by atoms with Crippen LogP contribution in [-0.2, 0) is 5.60 Å². The van der Waals surface area contributed by atoms with Crippen LogP contribution in [0.2, 0.25) is 0 Å². The van der Waals surface area contributed by atoms with Crippen LogP contribution in [0.25, 0.3) is 5.69 Å². The monoisotopic (exact) mass is 300 g/mol. The molecule has 1 N–H and O–H groups in total. The van der Waals surface area contributed by atoms with Gasteiger partial charge < -0.3 is 14.7 Å². The van der Waals surface area contributed by atoms with Gasteiger partial charge in [0.1, 0.15) is 17.0 Å². The highest BCUT2D eigenvalue weighted by molar-refractivity contribution is 5.37. The smallest absolute Gasteiger partial charge is 0.125 e. The molecule has 1 aromatic carbocycles. The predicted molar refractivity (Wildman–Crippen MR) is 81.0 cm³/mol. The van der Waals surface area contributed by atoms with Crippen LogP contribution in [0.5, 0.6) is 5.75 Å². The van der Waals surface area contributed by atoms with Crippen LogP contribution in [0.3, 0.4) is 0 Å². The van der Waals surface area contributed by atoms with Crippen LogP contribution in [0.1, 0.15) is 18.5 Å². The van der Waals surface area contributed by atoms with E-state index in [1.54, 1.807) is 11.8 Å². The topological polar surface area (TPSA) is 63.4 Å². The number of piperidine rings is 3. The zero-order valence-electron chi connectivity index (χ0n) is 12.6.